The van der Waals surface area contributed by atoms with Gasteiger partial charge in [0.2, 0.25) is 0 Å². The first-order valence-electron chi connectivity index (χ1n) is 17.2. The van der Waals surface area contributed by atoms with Gasteiger partial charge >= 0.3 is 6.01 Å². The molecule has 7 rings (SSSR count). The number of nitrogens with zero attached hydrogens (tertiary/aromatic N) is 6. The zero-order chi connectivity index (χ0) is 34.1. The van der Waals surface area contributed by atoms with E-state index in [1.54, 1.807) is 0 Å². The lowest BCUT2D eigenvalue weighted by Crippen LogP contribution is -2.55. The van der Waals surface area contributed by atoms with Crippen LogP contribution in [0.2, 0.25) is 0 Å². The number of carbonyl (C=O) groups is 2. The number of piperazine rings is 1. The quantitative estimate of drug-likeness (QED) is 0.339. The summed E-state index contributed by atoms with van der Waals surface area (Å²) in [5, 5.41) is 12.6. The van der Waals surface area contributed by atoms with Crippen LogP contribution in [0.5, 0.6) is 6.01 Å². The van der Waals surface area contributed by atoms with Gasteiger partial charge in [0.05, 0.1) is 24.2 Å². The van der Waals surface area contributed by atoms with Crippen molar-refractivity contribution in [3.05, 3.63) is 88.9 Å². The van der Waals surface area contributed by atoms with Crippen molar-refractivity contribution in [1.82, 2.24) is 19.8 Å². The first-order chi connectivity index (χ1) is 23.7. The molecule has 4 aliphatic rings. The molecule has 254 valence electrons. The van der Waals surface area contributed by atoms with E-state index >= 15 is 0 Å². The van der Waals surface area contributed by atoms with E-state index in [0.717, 1.165) is 74.3 Å². The third kappa shape index (κ3) is 6.75. The Morgan fingerprint density at radius 1 is 1.08 bits per heavy atom. The first-order valence-corrected chi connectivity index (χ1v) is 17.2. The Hall–Kier alpha value is -4.82. The van der Waals surface area contributed by atoms with E-state index in [1.165, 1.54) is 16.0 Å². The fourth-order valence-corrected chi connectivity index (χ4v) is 8.17. The molecule has 2 aromatic carbocycles. The van der Waals surface area contributed by atoms with Crippen LogP contribution in [0.15, 0.2) is 60.9 Å². The average Bonchev–Trinajstić information content (AvgIpc) is 3.68. The van der Waals surface area contributed by atoms with E-state index in [0.29, 0.717) is 37.3 Å². The van der Waals surface area contributed by atoms with E-state index in [-0.39, 0.29) is 24.3 Å². The molecule has 1 aromatic heterocycles. The van der Waals surface area contributed by atoms with Gasteiger partial charge in [-0.15, -0.1) is 0 Å². The number of hydrogen-bond acceptors (Lipinski definition) is 8. The van der Waals surface area contributed by atoms with Gasteiger partial charge in [0, 0.05) is 42.5 Å². The van der Waals surface area contributed by atoms with Crippen LogP contribution in [0.4, 0.5) is 15.9 Å². The summed E-state index contributed by atoms with van der Waals surface area (Å²) < 4.78 is 20.2. The highest BCUT2D eigenvalue weighted by molar-refractivity contribution is 6.04. The first kappa shape index (κ1) is 32.7. The molecule has 49 heavy (non-hydrogen) atoms. The molecule has 2 amide bonds. The lowest BCUT2D eigenvalue weighted by molar-refractivity contribution is -0.131. The fraction of sp³-hybridized carbons (Fsp3) is 0.447. The topological polar surface area (TPSA) is 115 Å². The van der Waals surface area contributed by atoms with Crippen molar-refractivity contribution in [2.24, 2.45) is 5.41 Å². The minimum absolute atomic E-state index is 0.0334. The summed E-state index contributed by atoms with van der Waals surface area (Å²) in [6, 6.07) is 17.8. The predicted molar refractivity (Wildman–Crippen MR) is 184 cm³/mol. The molecule has 2 saturated heterocycles. The van der Waals surface area contributed by atoms with Crippen LogP contribution < -0.4 is 15.0 Å². The molecule has 3 heterocycles. The number of hydrogen-bond donors (Lipinski definition) is 1. The number of fused-ring (bicyclic) bond motifs is 2. The van der Waals surface area contributed by atoms with E-state index in [1.807, 2.05) is 42.5 Å². The Bertz CT molecular complexity index is 1810. The van der Waals surface area contributed by atoms with Crippen LogP contribution in [-0.2, 0) is 30.5 Å². The number of carbonyl (C=O) groups excluding carboxylic acids is 2. The molecule has 11 heteroatoms. The summed E-state index contributed by atoms with van der Waals surface area (Å²) in [6.07, 6.45) is 6.49. The van der Waals surface area contributed by atoms with E-state index in [2.05, 4.69) is 40.9 Å². The molecule has 2 fully saturated rings. The zero-order valence-electron chi connectivity index (χ0n) is 28.0. The smallest absolute Gasteiger partial charge is 0.318 e. The molecule has 1 N–H and O–H groups in total. The number of anilines is 2. The predicted octanol–water partition coefficient (Wildman–Crippen LogP) is 4.89. The maximum Gasteiger partial charge on any atom is 0.318 e. The minimum atomic E-state index is -1.02. The maximum atomic E-state index is 13.9. The highest BCUT2D eigenvalue weighted by Gasteiger charge is 2.43. The Labute approximate surface area is 286 Å². The largest absolute Gasteiger partial charge is 0.462 e. The summed E-state index contributed by atoms with van der Waals surface area (Å²) >= 11 is 0. The number of benzene rings is 2. The van der Waals surface area contributed by atoms with E-state index < -0.39 is 17.8 Å². The summed E-state index contributed by atoms with van der Waals surface area (Å²) in [5.74, 6) is -1.13. The number of halogens is 1. The number of para-hydroxylation sites is 1. The molecule has 3 atom stereocenters. The molecule has 0 saturated carbocycles. The van der Waals surface area contributed by atoms with Gasteiger partial charge in [0.15, 0.2) is 5.83 Å². The van der Waals surface area contributed by atoms with Gasteiger partial charge in [-0.1, -0.05) is 30.8 Å². The van der Waals surface area contributed by atoms with Crippen molar-refractivity contribution in [2.75, 3.05) is 50.1 Å². The molecule has 3 aromatic rings. The highest BCUT2D eigenvalue weighted by Crippen LogP contribution is 2.48. The highest BCUT2D eigenvalue weighted by atomic mass is 19.1. The summed E-state index contributed by atoms with van der Waals surface area (Å²) in [6.45, 7) is 5.79. The van der Waals surface area contributed by atoms with Crippen LogP contribution in [0.25, 0.3) is 0 Å². The van der Waals surface area contributed by atoms with E-state index in [4.69, 9.17) is 14.7 Å². The number of likely N-dealkylation sites (N-methyl/N-ethyl adjacent to an activating group) is 1. The van der Waals surface area contributed by atoms with Gasteiger partial charge in [0.1, 0.15) is 12.4 Å². The van der Waals surface area contributed by atoms with Gasteiger partial charge in [-0.3, -0.25) is 9.59 Å². The fourth-order valence-electron chi connectivity index (χ4n) is 8.17. The van der Waals surface area contributed by atoms with Crippen LogP contribution >= 0.6 is 0 Å². The van der Waals surface area contributed by atoms with Crippen molar-refractivity contribution < 1.29 is 18.7 Å². The number of ether oxygens (including phenoxy) is 1. The summed E-state index contributed by atoms with van der Waals surface area (Å²) in [4.78, 5) is 41.5. The second-order valence-corrected chi connectivity index (χ2v) is 14.0. The van der Waals surface area contributed by atoms with Crippen LogP contribution in [0.1, 0.15) is 58.4 Å². The van der Waals surface area contributed by atoms with Gasteiger partial charge < -0.3 is 24.8 Å². The van der Waals surface area contributed by atoms with Crippen molar-refractivity contribution in [3.63, 3.8) is 0 Å². The van der Waals surface area contributed by atoms with Gasteiger partial charge in [-0.05, 0) is 99.3 Å². The van der Waals surface area contributed by atoms with Crippen LogP contribution in [-0.4, -0.2) is 83.5 Å². The lowest BCUT2D eigenvalue weighted by atomic mass is 9.71. The van der Waals surface area contributed by atoms with E-state index in [9.17, 15) is 19.2 Å². The molecule has 1 spiro atoms. The van der Waals surface area contributed by atoms with Crippen molar-refractivity contribution in [2.45, 2.75) is 63.5 Å². The van der Waals surface area contributed by atoms with Crippen molar-refractivity contribution in [3.8, 4) is 12.1 Å². The summed E-state index contributed by atoms with van der Waals surface area (Å²) in [5.41, 5.74) is 5.89. The third-order valence-corrected chi connectivity index (χ3v) is 10.8. The second-order valence-electron chi connectivity index (χ2n) is 14.0. The molecule has 10 nitrogen and oxygen atoms in total. The molecular weight excluding hydrogens is 621 g/mol. The Balaban J connectivity index is 1.15. The van der Waals surface area contributed by atoms with Gasteiger partial charge in [-0.25, -0.2) is 4.39 Å². The normalized spacial score (nSPS) is 23.1. The van der Waals surface area contributed by atoms with Crippen LogP contribution in [0, 0.1) is 16.7 Å². The monoisotopic (exact) mass is 663 g/mol. The Kier molecular flexibility index (Phi) is 9.07. The van der Waals surface area contributed by atoms with Gasteiger partial charge in [0.25, 0.3) is 11.8 Å². The second kappa shape index (κ2) is 13.6. The van der Waals surface area contributed by atoms with Crippen LogP contribution in [0.3, 0.4) is 0 Å². The number of aromatic nitrogens is 2. The zero-order valence-corrected chi connectivity index (χ0v) is 28.0. The molecular formula is C38H42FN7O3. The standard InChI is InChI=1S/C38H42FN7O3/c1-25(39)36(48)46-18-17-45(23-30(46)13-15-40)34-32-12-14-38(22-33(32)42-37(43-34)49-24-31-9-6-16-44(31)2)20-27-11-10-26(19-28(27)21-38)35(47)41-29-7-4-3-5-8-29/h3-5,7-8,10-11,19,30-31H,1,6,9,12-14,16-18,20-24H2,2H3,(H,41,47)/t30-,31-,38?/m0/s1. The molecule has 0 radical (unpaired) electrons. The SMILES string of the molecule is C=C(F)C(=O)N1CCN(c2nc(OC[C@@H]3CCCN3C)nc3c2CCC2(Cc4ccc(C(=O)Nc5ccccc5)cc4C2)C3)C[C@@H]1CC#N. The number of likely N-dealkylation sites (tertiary alicyclic amines) is 1. The lowest BCUT2D eigenvalue weighted by Gasteiger charge is -2.42. The molecule has 0 bridgehead atoms. The number of rotatable bonds is 8. The third-order valence-electron chi connectivity index (χ3n) is 10.8. The minimum Gasteiger partial charge on any atom is -0.462 e. The summed E-state index contributed by atoms with van der Waals surface area (Å²) in [7, 11) is 2.11. The number of nitrogens with one attached hydrogen (secondary N) is 1. The Morgan fingerprint density at radius 2 is 1.90 bits per heavy atom. The number of amides is 2. The maximum absolute atomic E-state index is 13.9. The Morgan fingerprint density at radius 3 is 2.65 bits per heavy atom. The molecule has 2 aliphatic heterocycles. The van der Waals surface area contributed by atoms with Crippen molar-refractivity contribution >= 4 is 23.3 Å². The average molecular weight is 664 g/mol. The van der Waals surface area contributed by atoms with Crippen molar-refractivity contribution in [1.29, 1.82) is 5.26 Å². The number of nitriles is 1. The van der Waals surface area contributed by atoms with Gasteiger partial charge in [-0.2, -0.15) is 15.2 Å². The molecule has 1 unspecified atom stereocenters. The molecule has 2 aliphatic carbocycles.